The van der Waals surface area contributed by atoms with Gasteiger partial charge in [-0.05, 0) is 18.4 Å². The van der Waals surface area contributed by atoms with Crippen molar-refractivity contribution in [1.82, 2.24) is 20.4 Å². The third-order valence-electron chi connectivity index (χ3n) is 6.02. The molecule has 0 spiro atoms. The summed E-state index contributed by atoms with van der Waals surface area (Å²) in [5.41, 5.74) is 3.87. The maximum Gasteiger partial charge on any atom is 0.0695 e. The second kappa shape index (κ2) is 8.33. The predicted molar refractivity (Wildman–Crippen MR) is 104 cm³/mol. The van der Waals surface area contributed by atoms with Crippen molar-refractivity contribution >= 4 is 0 Å². The zero-order valence-electron chi connectivity index (χ0n) is 15.5. The first-order valence-corrected chi connectivity index (χ1v) is 9.99. The Labute approximate surface area is 156 Å². The monoisotopic (exact) mass is 354 g/mol. The first-order valence-electron chi connectivity index (χ1n) is 9.99. The zero-order chi connectivity index (χ0) is 17.7. The highest BCUT2D eigenvalue weighted by atomic mass is 16.5. The molecule has 1 saturated heterocycles. The quantitative estimate of drug-likeness (QED) is 0.836. The van der Waals surface area contributed by atoms with E-state index in [4.69, 9.17) is 4.74 Å². The second-order valence-electron chi connectivity index (χ2n) is 7.62. The predicted octanol–water partition coefficient (Wildman–Crippen LogP) is 3.20. The van der Waals surface area contributed by atoms with Gasteiger partial charge in [-0.2, -0.15) is 5.10 Å². The fourth-order valence-electron chi connectivity index (χ4n) is 4.58. The molecule has 0 radical (unpaired) electrons. The van der Waals surface area contributed by atoms with E-state index in [1.54, 1.807) is 0 Å². The molecule has 2 fully saturated rings. The average molecular weight is 354 g/mol. The van der Waals surface area contributed by atoms with Crippen molar-refractivity contribution in [2.45, 2.75) is 44.2 Å². The number of hydrogen-bond acceptors (Lipinski definition) is 4. The lowest BCUT2D eigenvalue weighted by Crippen LogP contribution is -2.59. The number of nitrogens with one attached hydrogen (secondary N) is 2. The van der Waals surface area contributed by atoms with E-state index >= 15 is 0 Å². The molecular weight excluding hydrogens is 324 g/mol. The minimum Gasteiger partial charge on any atom is -0.379 e. The minimum atomic E-state index is 0.304. The lowest BCUT2D eigenvalue weighted by molar-refractivity contribution is -0.0369. The highest BCUT2D eigenvalue weighted by molar-refractivity contribution is 5.62. The molecule has 5 heteroatoms. The Balaban J connectivity index is 1.42. The van der Waals surface area contributed by atoms with Crippen LogP contribution in [0.1, 0.15) is 37.7 Å². The molecule has 2 aliphatic rings. The van der Waals surface area contributed by atoms with Crippen molar-refractivity contribution in [3.8, 4) is 11.3 Å². The second-order valence-corrected chi connectivity index (χ2v) is 7.62. The van der Waals surface area contributed by atoms with Crippen molar-refractivity contribution in [2.75, 3.05) is 32.8 Å². The van der Waals surface area contributed by atoms with Gasteiger partial charge in [0.1, 0.15) is 0 Å². The summed E-state index contributed by atoms with van der Waals surface area (Å²) < 4.78 is 5.59. The molecule has 0 unspecified atom stereocenters. The van der Waals surface area contributed by atoms with Gasteiger partial charge in [0.25, 0.3) is 0 Å². The van der Waals surface area contributed by atoms with Gasteiger partial charge in [0, 0.05) is 37.3 Å². The van der Waals surface area contributed by atoms with Crippen LogP contribution in [-0.4, -0.2) is 53.5 Å². The Hall–Kier alpha value is -1.69. The molecule has 1 aromatic carbocycles. The van der Waals surface area contributed by atoms with Crippen LogP contribution < -0.4 is 5.32 Å². The largest absolute Gasteiger partial charge is 0.379 e. The van der Waals surface area contributed by atoms with Crippen LogP contribution in [0.3, 0.4) is 0 Å². The highest BCUT2D eigenvalue weighted by Gasteiger charge is 2.38. The summed E-state index contributed by atoms with van der Waals surface area (Å²) in [6.45, 7) is 5.80. The smallest absolute Gasteiger partial charge is 0.0695 e. The van der Waals surface area contributed by atoms with Gasteiger partial charge in [0.15, 0.2) is 0 Å². The number of aromatic nitrogens is 2. The number of H-pyrrole nitrogens is 1. The molecule has 0 atom stereocenters. The molecule has 1 aromatic heterocycles. The maximum absolute atomic E-state index is 5.59. The van der Waals surface area contributed by atoms with Crippen molar-refractivity contribution in [3.05, 3.63) is 42.1 Å². The maximum atomic E-state index is 5.59. The number of aromatic amines is 1. The van der Waals surface area contributed by atoms with Gasteiger partial charge < -0.3 is 10.1 Å². The molecule has 1 saturated carbocycles. The molecule has 1 aliphatic heterocycles. The van der Waals surface area contributed by atoms with Crippen LogP contribution in [0, 0.1) is 0 Å². The molecule has 4 rings (SSSR count). The minimum absolute atomic E-state index is 0.304. The number of morpholine rings is 1. The number of hydrogen-bond donors (Lipinski definition) is 2. The van der Waals surface area contributed by atoms with E-state index in [1.807, 2.05) is 12.3 Å². The Bertz CT molecular complexity index is 672. The third-order valence-corrected chi connectivity index (χ3v) is 6.02. The Morgan fingerprint density at radius 1 is 1.08 bits per heavy atom. The molecule has 5 nitrogen and oxygen atoms in total. The molecule has 26 heavy (non-hydrogen) atoms. The third kappa shape index (κ3) is 3.85. The van der Waals surface area contributed by atoms with Crippen molar-refractivity contribution < 1.29 is 4.74 Å². The van der Waals surface area contributed by atoms with E-state index in [9.17, 15) is 0 Å². The standard InChI is InChI=1S/C21H30N4O/c1-3-7-18(8-4-1)20-19(16-23-24-20)15-22-17-21(9-5-2-6-10-21)25-11-13-26-14-12-25/h1,3-4,7-8,16,22H,2,5-6,9-15,17H2,(H,23,24). The molecule has 0 amide bonds. The van der Waals surface area contributed by atoms with Gasteiger partial charge in [-0.15, -0.1) is 0 Å². The van der Waals surface area contributed by atoms with Crippen LogP contribution in [0.15, 0.2) is 36.5 Å². The lowest BCUT2D eigenvalue weighted by Gasteiger charge is -2.48. The summed E-state index contributed by atoms with van der Waals surface area (Å²) >= 11 is 0. The topological polar surface area (TPSA) is 53.2 Å². The molecule has 0 bridgehead atoms. The fraction of sp³-hybridized carbons (Fsp3) is 0.571. The summed E-state index contributed by atoms with van der Waals surface area (Å²) in [6.07, 6.45) is 8.64. The molecule has 140 valence electrons. The van der Waals surface area contributed by atoms with E-state index < -0.39 is 0 Å². The summed E-state index contributed by atoms with van der Waals surface area (Å²) in [6, 6.07) is 10.5. The molecule has 1 aliphatic carbocycles. The average Bonchev–Trinajstić information content (AvgIpc) is 3.19. The van der Waals surface area contributed by atoms with E-state index in [1.165, 1.54) is 43.2 Å². The summed E-state index contributed by atoms with van der Waals surface area (Å²) in [4.78, 5) is 2.69. The zero-order valence-corrected chi connectivity index (χ0v) is 15.5. The Morgan fingerprint density at radius 3 is 2.62 bits per heavy atom. The van der Waals surface area contributed by atoms with Gasteiger partial charge in [0.2, 0.25) is 0 Å². The van der Waals surface area contributed by atoms with E-state index in [0.717, 1.165) is 45.1 Å². The van der Waals surface area contributed by atoms with Gasteiger partial charge in [-0.3, -0.25) is 10.00 Å². The van der Waals surface area contributed by atoms with Crippen LogP contribution in [-0.2, 0) is 11.3 Å². The van der Waals surface area contributed by atoms with Gasteiger partial charge >= 0.3 is 0 Å². The van der Waals surface area contributed by atoms with Gasteiger partial charge in [0.05, 0.1) is 25.1 Å². The molecule has 2 heterocycles. The lowest BCUT2D eigenvalue weighted by atomic mass is 9.79. The van der Waals surface area contributed by atoms with Crippen LogP contribution in [0.4, 0.5) is 0 Å². The van der Waals surface area contributed by atoms with E-state index in [-0.39, 0.29) is 0 Å². The van der Waals surface area contributed by atoms with Crippen LogP contribution in [0.2, 0.25) is 0 Å². The number of ether oxygens (including phenoxy) is 1. The number of nitrogens with zero attached hydrogens (tertiary/aromatic N) is 2. The van der Waals surface area contributed by atoms with Gasteiger partial charge in [-0.25, -0.2) is 0 Å². The van der Waals surface area contributed by atoms with E-state index in [0.29, 0.717) is 5.54 Å². The summed E-state index contributed by atoms with van der Waals surface area (Å²) in [5.74, 6) is 0. The van der Waals surface area contributed by atoms with Gasteiger partial charge in [-0.1, -0.05) is 49.6 Å². The normalized spacial score (nSPS) is 20.9. The van der Waals surface area contributed by atoms with Crippen molar-refractivity contribution in [2.24, 2.45) is 0 Å². The Morgan fingerprint density at radius 2 is 1.85 bits per heavy atom. The molecule has 2 aromatic rings. The van der Waals surface area contributed by atoms with Crippen molar-refractivity contribution in [3.63, 3.8) is 0 Å². The van der Waals surface area contributed by atoms with Crippen LogP contribution >= 0.6 is 0 Å². The fourth-order valence-corrected chi connectivity index (χ4v) is 4.58. The van der Waals surface area contributed by atoms with E-state index in [2.05, 4.69) is 44.7 Å². The summed E-state index contributed by atoms with van der Waals surface area (Å²) in [5, 5.41) is 11.2. The highest BCUT2D eigenvalue weighted by Crippen LogP contribution is 2.34. The first kappa shape index (κ1) is 17.7. The van der Waals surface area contributed by atoms with Crippen LogP contribution in [0.5, 0.6) is 0 Å². The number of rotatable bonds is 6. The summed E-state index contributed by atoms with van der Waals surface area (Å²) in [7, 11) is 0. The van der Waals surface area contributed by atoms with Crippen molar-refractivity contribution in [1.29, 1.82) is 0 Å². The first-order chi connectivity index (χ1) is 12.9. The molecular formula is C21H30N4O. The Kier molecular flexibility index (Phi) is 5.68. The molecule has 2 N–H and O–H groups in total. The SMILES string of the molecule is c1ccc(-c2[nH]ncc2CNCC2(N3CCOCC3)CCCCC2)cc1. The number of benzene rings is 1. The van der Waals surface area contributed by atoms with Crippen LogP contribution in [0.25, 0.3) is 11.3 Å².